The quantitative estimate of drug-likeness (QED) is 0.338. The van der Waals surface area contributed by atoms with E-state index >= 15 is 4.39 Å². The van der Waals surface area contributed by atoms with Gasteiger partial charge >= 0.3 is 0 Å². The van der Waals surface area contributed by atoms with Crippen LogP contribution < -0.4 is 9.64 Å². The topological polar surface area (TPSA) is 56.2 Å². The molecule has 0 amide bonds. The maximum Gasteiger partial charge on any atom is 0.165 e. The van der Waals surface area contributed by atoms with Crippen molar-refractivity contribution in [2.75, 3.05) is 18.5 Å². The average Bonchev–Trinajstić information content (AvgIpc) is 3.20. The Labute approximate surface area is 237 Å². The molecule has 2 heterocycles. The Balaban J connectivity index is 1.18. The molecule has 4 unspecified atom stereocenters. The third kappa shape index (κ3) is 5.51. The fourth-order valence-corrected chi connectivity index (χ4v) is 7.29. The molecule has 2 bridgehead atoms. The molecule has 0 aromatic heterocycles. The maximum atomic E-state index is 15.3. The fraction of sp³-hybridized carbons (Fsp3) is 0.471. The zero-order chi connectivity index (χ0) is 27.8. The number of phenols is 2. The van der Waals surface area contributed by atoms with Crippen molar-refractivity contribution in [3.63, 3.8) is 0 Å². The van der Waals surface area contributed by atoms with Gasteiger partial charge in [0.2, 0.25) is 0 Å². The first-order valence-corrected chi connectivity index (χ1v) is 14.9. The lowest BCUT2D eigenvalue weighted by Gasteiger charge is -2.32. The third-order valence-electron chi connectivity index (χ3n) is 9.60. The van der Waals surface area contributed by atoms with Crippen molar-refractivity contribution in [2.45, 2.75) is 88.9 Å². The van der Waals surface area contributed by atoms with Crippen molar-refractivity contribution in [1.29, 1.82) is 0 Å². The van der Waals surface area contributed by atoms with E-state index in [1.807, 2.05) is 30.3 Å². The first kappa shape index (κ1) is 26.9. The molecule has 0 spiro atoms. The molecule has 212 valence electrons. The minimum absolute atomic E-state index is 0.0599. The summed E-state index contributed by atoms with van der Waals surface area (Å²) in [6, 6.07) is 17.9. The molecule has 3 aromatic carbocycles. The van der Waals surface area contributed by atoms with Gasteiger partial charge in [-0.05, 0) is 124 Å². The van der Waals surface area contributed by atoms with Gasteiger partial charge in [-0.25, -0.2) is 4.39 Å². The summed E-state index contributed by atoms with van der Waals surface area (Å²) in [5, 5.41) is 20.3. The van der Waals surface area contributed by atoms with Gasteiger partial charge in [0.1, 0.15) is 17.6 Å². The summed E-state index contributed by atoms with van der Waals surface area (Å²) < 4.78 is 21.5. The van der Waals surface area contributed by atoms with Crippen LogP contribution in [0.3, 0.4) is 0 Å². The molecule has 5 nitrogen and oxygen atoms in total. The number of fused-ring (bicyclic) bond motifs is 3. The zero-order valence-corrected chi connectivity index (χ0v) is 23.7. The van der Waals surface area contributed by atoms with E-state index in [1.165, 1.54) is 29.5 Å². The summed E-state index contributed by atoms with van der Waals surface area (Å²) in [5.41, 5.74) is 5.55. The molecule has 6 rings (SSSR count). The molecule has 0 saturated carbocycles. The van der Waals surface area contributed by atoms with Crippen molar-refractivity contribution in [3.05, 3.63) is 82.7 Å². The van der Waals surface area contributed by atoms with Crippen LogP contribution in [-0.2, 0) is 19.4 Å². The zero-order valence-electron chi connectivity index (χ0n) is 23.7. The van der Waals surface area contributed by atoms with Crippen LogP contribution >= 0.6 is 0 Å². The fourth-order valence-electron chi connectivity index (χ4n) is 7.29. The number of nitrogens with zero attached hydrogens (tertiary/aromatic N) is 2. The number of aromatic hydroxyl groups is 2. The molecule has 0 radical (unpaired) electrons. The van der Waals surface area contributed by atoms with Gasteiger partial charge in [0.25, 0.3) is 0 Å². The van der Waals surface area contributed by atoms with Crippen LogP contribution in [0, 0.1) is 5.82 Å². The number of hydrogen-bond acceptors (Lipinski definition) is 5. The summed E-state index contributed by atoms with van der Waals surface area (Å²) in [5.74, 6) is 0.901. The Morgan fingerprint density at radius 2 is 1.68 bits per heavy atom. The number of ether oxygens (including phenoxy) is 1. The van der Waals surface area contributed by atoms with Gasteiger partial charge in [0, 0.05) is 36.9 Å². The minimum Gasteiger partial charge on any atom is -0.508 e. The molecule has 6 heteroatoms. The van der Waals surface area contributed by atoms with E-state index in [1.54, 1.807) is 24.3 Å². The number of anilines is 1. The largest absolute Gasteiger partial charge is 0.508 e. The Morgan fingerprint density at radius 3 is 2.50 bits per heavy atom. The van der Waals surface area contributed by atoms with Crippen LogP contribution in [0.2, 0.25) is 0 Å². The Hall–Kier alpha value is -3.25. The average molecular weight is 545 g/mol. The smallest absolute Gasteiger partial charge is 0.165 e. The highest BCUT2D eigenvalue weighted by atomic mass is 19.1. The first-order chi connectivity index (χ1) is 19.4. The second-order valence-electron chi connectivity index (χ2n) is 12.0. The standard InChI is InChI=1S/C34H41FN2O3/c1-3-37(33-20-29(39)12-14-31(33)25-6-5-24-18-28(38)11-7-23(24)17-25)21-22-4-15-34(32(35)16-22)40-30-13-10-26-8-9-27(19-30)36(26)2/h4,7,11-12,14-16,18,20,25-27,30,38-39H,3,5-6,8-10,13,17,19,21H2,1-2H3. The predicted octanol–water partition coefficient (Wildman–Crippen LogP) is 6.93. The van der Waals surface area contributed by atoms with Crippen LogP contribution in [0.5, 0.6) is 17.2 Å². The molecule has 3 aromatic rings. The molecule has 4 atom stereocenters. The highest BCUT2D eigenvalue weighted by molar-refractivity contribution is 5.59. The summed E-state index contributed by atoms with van der Waals surface area (Å²) in [6.07, 6.45) is 8.37. The molecule has 1 aliphatic carbocycles. The molecule has 2 saturated heterocycles. The summed E-state index contributed by atoms with van der Waals surface area (Å²) in [4.78, 5) is 4.71. The van der Waals surface area contributed by atoms with Crippen molar-refractivity contribution in [3.8, 4) is 17.2 Å². The number of benzene rings is 3. The van der Waals surface area contributed by atoms with E-state index in [0.29, 0.717) is 36.0 Å². The van der Waals surface area contributed by atoms with Crippen LogP contribution in [0.15, 0.2) is 54.6 Å². The number of halogens is 1. The normalized spacial score (nSPS) is 24.4. The second-order valence-corrected chi connectivity index (χ2v) is 12.0. The van der Waals surface area contributed by atoms with Gasteiger partial charge in [-0.1, -0.05) is 18.2 Å². The summed E-state index contributed by atoms with van der Waals surface area (Å²) in [7, 11) is 2.22. The van der Waals surface area contributed by atoms with Gasteiger partial charge in [0.15, 0.2) is 11.6 Å². The molecule has 2 aliphatic heterocycles. The molecule has 3 aliphatic rings. The van der Waals surface area contributed by atoms with E-state index < -0.39 is 0 Å². The minimum atomic E-state index is -0.306. The van der Waals surface area contributed by atoms with Gasteiger partial charge < -0.3 is 24.7 Å². The lowest BCUT2D eigenvalue weighted by atomic mass is 9.79. The number of aryl methyl sites for hydroxylation is 1. The number of hydrogen-bond donors (Lipinski definition) is 2. The van der Waals surface area contributed by atoms with Crippen LogP contribution in [-0.4, -0.2) is 46.9 Å². The van der Waals surface area contributed by atoms with Gasteiger partial charge in [-0.3, -0.25) is 0 Å². The van der Waals surface area contributed by atoms with E-state index in [9.17, 15) is 10.2 Å². The Bertz CT molecular complexity index is 1360. The Morgan fingerprint density at radius 1 is 0.900 bits per heavy atom. The maximum absolute atomic E-state index is 15.3. The summed E-state index contributed by atoms with van der Waals surface area (Å²) in [6.45, 7) is 3.36. The highest BCUT2D eigenvalue weighted by Gasteiger charge is 2.36. The summed E-state index contributed by atoms with van der Waals surface area (Å²) >= 11 is 0. The monoisotopic (exact) mass is 544 g/mol. The molecular weight excluding hydrogens is 503 g/mol. The van der Waals surface area contributed by atoms with E-state index in [4.69, 9.17) is 4.74 Å². The molecule has 2 fully saturated rings. The van der Waals surface area contributed by atoms with E-state index in [-0.39, 0.29) is 17.7 Å². The number of rotatable bonds is 7. The van der Waals surface area contributed by atoms with Gasteiger partial charge in [-0.15, -0.1) is 0 Å². The van der Waals surface area contributed by atoms with E-state index in [0.717, 1.165) is 56.3 Å². The molecular formula is C34H41FN2O3. The highest BCUT2D eigenvalue weighted by Crippen LogP contribution is 2.40. The van der Waals surface area contributed by atoms with Crippen molar-refractivity contribution in [2.24, 2.45) is 0 Å². The number of phenolic OH excluding ortho intramolecular Hbond substituents is 2. The SMILES string of the molecule is CCN(Cc1ccc(OC2CCC3CCC(C2)N3C)c(F)c1)c1cc(O)ccc1C1CCc2cc(O)ccc2C1. The lowest BCUT2D eigenvalue weighted by molar-refractivity contribution is 0.155. The van der Waals surface area contributed by atoms with Crippen LogP contribution in [0.1, 0.15) is 73.6 Å². The second kappa shape index (κ2) is 11.3. The third-order valence-corrected chi connectivity index (χ3v) is 9.60. The van der Waals surface area contributed by atoms with Gasteiger partial charge in [-0.2, -0.15) is 0 Å². The van der Waals surface area contributed by atoms with Gasteiger partial charge in [0.05, 0.1) is 0 Å². The van der Waals surface area contributed by atoms with Crippen molar-refractivity contribution in [1.82, 2.24) is 4.90 Å². The van der Waals surface area contributed by atoms with E-state index in [2.05, 4.69) is 23.8 Å². The molecule has 40 heavy (non-hydrogen) atoms. The van der Waals surface area contributed by atoms with Crippen molar-refractivity contribution >= 4 is 5.69 Å². The van der Waals surface area contributed by atoms with Crippen molar-refractivity contribution < 1.29 is 19.3 Å². The molecule has 2 N–H and O–H groups in total. The van der Waals surface area contributed by atoms with Crippen LogP contribution in [0.4, 0.5) is 10.1 Å². The van der Waals surface area contributed by atoms with Crippen LogP contribution in [0.25, 0.3) is 0 Å². The lowest BCUT2D eigenvalue weighted by Crippen LogP contribution is -2.31. The Kier molecular flexibility index (Phi) is 7.63. The predicted molar refractivity (Wildman–Crippen MR) is 157 cm³/mol. The first-order valence-electron chi connectivity index (χ1n) is 14.9.